The van der Waals surface area contributed by atoms with E-state index >= 15 is 0 Å². The third-order valence-corrected chi connectivity index (χ3v) is 3.16. The van der Waals surface area contributed by atoms with Crippen LogP contribution in [0.4, 0.5) is 0 Å². The number of furan rings is 1. The number of rotatable bonds is 4. The van der Waals surface area contributed by atoms with Gasteiger partial charge in [-0.3, -0.25) is 4.79 Å². The Labute approximate surface area is 133 Å². The summed E-state index contributed by atoms with van der Waals surface area (Å²) >= 11 is 0. The van der Waals surface area contributed by atoms with Crippen LogP contribution in [0.3, 0.4) is 0 Å². The van der Waals surface area contributed by atoms with E-state index in [0.717, 1.165) is 11.5 Å². The number of carbonyl (C=O) groups is 1. The molecule has 1 amide bonds. The van der Waals surface area contributed by atoms with Gasteiger partial charge in [0.05, 0.1) is 0 Å². The SMILES string of the molecule is Cc1ccc(/C=C/C=N/NC(=O)C2COc3ccccc3O2)o1. The maximum atomic E-state index is 12.0. The summed E-state index contributed by atoms with van der Waals surface area (Å²) in [7, 11) is 0. The van der Waals surface area contributed by atoms with Gasteiger partial charge in [0.2, 0.25) is 6.10 Å². The van der Waals surface area contributed by atoms with Crippen molar-refractivity contribution in [1.82, 2.24) is 5.43 Å². The van der Waals surface area contributed by atoms with Crippen LogP contribution in [0.15, 0.2) is 52.0 Å². The number of aryl methyl sites for hydroxylation is 1. The second kappa shape index (κ2) is 6.83. The molecule has 0 saturated heterocycles. The van der Waals surface area contributed by atoms with Crippen LogP contribution < -0.4 is 14.9 Å². The van der Waals surface area contributed by atoms with E-state index in [1.807, 2.05) is 31.2 Å². The van der Waals surface area contributed by atoms with Crippen molar-refractivity contribution < 1.29 is 18.7 Å². The van der Waals surface area contributed by atoms with E-state index < -0.39 is 6.10 Å². The van der Waals surface area contributed by atoms with Crippen LogP contribution in [-0.4, -0.2) is 24.8 Å². The predicted octanol–water partition coefficient (Wildman–Crippen LogP) is 2.54. The van der Waals surface area contributed by atoms with Crippen molar-refractivity contribution in [2.24, 2.45) is 5.10 Å². The molecule has 23 heavy (non-hydrogen) atoms. The molecule has 0 radical (unpaired) electrons. The molecule has 0 saturated carbocycles. The lowest BCUT2D eigenvalue weighted by atomic mass is 10.2. The third kappa shape index (κ3) is 3.79. The minimum Gasteiger partial charge on any atom is -0.485 e. The molecule has 1 aliphatic rings. The van der Waals surface area contributed by atoms with Gasteiger partial charge in [-0.1, -0.05) is 12.1 Å². The fraction of sp³-hybridized carbons (Fsp3) is 0.176. The zero-order valence-corrected chi connectivity index (χ0v) is 12.6. The molecule has 118 valence electrons. The van der Waals surface area contributed by atoms with Crippen molar-refractivity contribution in [3.63, 3.8) is 0 Å². The molecular weight excluding hydrogens is 296 g/mol. The summed E-state index contributed by atoms with van der Waals surface area (Å²) in [5.41, 5.74) is 2.42. The normalized spacial score (nSPS) is 16.8. The van der Waals surface area contributed by atoms with Crippen molar-refractivity contribution in [3.8, 4) is 11.5 Å². The largest absolute Gasteiger partial charge is 0.485 e. The predicted molar refractivity (Wildman–Crippen MR) is 85.5 cm³/mol. The Morgan fingerprint density at radius 2 is 2.09 bits per heavy atom. The van der Waals surface area contributed by atoms with Crippen LogP contribution in [0, 0.1) is 6.92 Å². The van der Waals surface area contributed by atoms with Gasteiger partial charge in [0.25, 0.3) is 5.91 Å². The first-order valence-corrected chi connectivity index (χ1v) is 7.17. The van der Waals surface area contributed by atoms with Crippen LogP contribution in [0.5, 0.6) is 11.5 Å². The fourth-order valence-corrected chi connectivity index (χ4v) is 2.05. The van der Waals surface area contributed by atoms with Gasteiger partial charge in [-0.05, 0) is 43.3 Å². The van der Waals surface area contributed by atoms with Gasteiger partial charge in [0.15, 0.2) is 11.5 Å². The molecule has 6 heteroatoms. The smallest absolute Gasteiger partial charge is 0.284 e. The molecule has 0 spiro atoms. The Kier molecular flexibility index (Phi) is 4.42. The molecule has 0 fully saturated rings. The molecular formula is C17H16N2O4. The average molecular weight is 312 g/mol. The van der Waals surface area contributed by atoms with Gasteiger partial charge in [-0.25, -0.2) is 5.43 Å². The zero-order valence-electron chi connectivity index (χ0n) is 12.6. The minimum absolute atomic E-state index is 0.153. The Morgan fingerprint density at radius 1 is 1.26 bits per heavy atom. The molecule has 2 heterocycles. The summed E-state index contributed by atoms with van der Waals surface area (Å²) in [6, 6.07) is 10.9. The monoisotopic (exact) mass is 312 g/mol. The number of allylic oxidation sites excluding steroid dienone is 1. The first-order valence-electron chi connectivity index (χ1n) is 7.17. The first-order chi connectivity index (χ1) is 11.2. The maximum absolute atomic E-state index is 12.0. The second-order valence-corrected chi connectivity index (χ2v) is 4.93. The maximum Gasteiger partial charge on any atom is 0.284 e. The van der Waals surface area contributed by atoms with E-state index in [1.165, 1.54) is 6.21 Å². The second-order valence-electron chi connectivity index (χ2n) is 4.93. The number of nitrogens with one attached hydrogen (secondary N) is 1. The van der Waals surface area contributed by atoms with Gasteiger partial charge in [-0.2, -0.15) is 5.10 Å². The molecule has 1 aliphatic heterocycles. The van der Waals surface area contributed by atoms with E-state index in [0.29, 0.717) is 11.5 Å². The van der Waals surface area contributed by atoms with Crippen LogP contribution in [0.1, 0.15) is 11.5 Å². The van der Waals surface area contributed by atoms with Gasteiger partial charge >= 0.3 is 0 Å². The Morgan fingerprint density at radius 3 is 2.87 bits per heavy atom. The van der Waals surface area contributed by atoms with Gasteiger partial charge in [0, 0.05) is 6.21 Å². The molecule has 0 bridgehead atoms. The van der Waals surface area contributed by atoms with Gasteiger partial charge in [0.1, 0.15) is 18.1 Å². The highest BCUT2D eigenvalue weighted by Crippen LogP contribution is 2.30. The fourth-order valence-electron chi connectivity index (χ4n) is 2.05. The van der Waals surface area contributed by atoms with Crippen LogP contribution in [-0.2, 0) is 4.79 Å². The van der Waals surface area contributed by atoms with E-state index in [-0.39, 0.29) is 12.5 Å². The van der Waals surface area contributed by atoms with E-state index in [9.17, 15) is 4.79 Å². The summed E-state index contributed by atoms with van der Waals surface area (Å²) < 4.78 is 16.4. The number of hydrogen-bond acceptors (Lipinski definition) is 5. The van der Waals surface area contributed by atoms with Crippen molar-refractivity contribution in [3.05, 3.63) is 54.0 Å². The van der Waals surface area contributed by atoms with E-state index in [4.69, 9.17) is 13.9 Å². The highest BCUT2D eigenvalue weighted by Gasteiger charge is 2.26. The van der Waals surface area contributed by atoms with Crippen molar-refractivity contribution in [2.75, 3.05) is 6.61 Å². The molecule has 3 rings (SSSR count). The van der Waals surface area contributed by atoms with Crippen molar-refractivity contribution in [1.29, 1.82) is 0 Å². The summed E-state index contributed by atoms with van der Waals surface area (Å²) in [6.07, 6.45) is 4.16. The number of amides is 1. The summed E-state index contributed by atoms with van der Waals surface area (Å²) in [5, 5.41) is 3.84. The minimum atomic E-state index is -0.723. The number of hydrazone groups is 1. The zero-order chi connectivity index (χ0) is 16.1. The molecule has 1 aromatic heterocycles. The summed E-state index contributed by atoms with van der Waals surface area (Å²) in [5.74, 6) is 2.39. The molecule has 1 atom stereocenters. The molecule has 0 aliphatic carbocycles. The number of benzene rings is 1. The van der Waals surface area contributed by atoms with Gasteiger partial charge in [-0.15, -0.1) is 0 Å². The number of fused-ring (bicyclic) bond motifs is 1. The number of carbonyl (C=O) groups excluding carboxylic acids is 1. The standard InChI is InChI=1S/C17H16N2O4/c1-12-8-9-13(22-12)5-4-10-18-19-17(20)16-11-21-14-6-2-3-7-15(14)23-16/h2-10,16H,11H2,1H3,(H,19,20)/b5-4+,18-10+. The lowest BCUT2D eigenvalue weighted by Gasteiger charge is -2.24. The molecule has 6 nitrogen and oxygen atoms in total. The number of para-hydroxylation sites is 2. The number of nitrogens with zero attached hydrogens (tertiary/aromatic N) is 1. The number of ether oxygens (including phenoxy) is 2. The molecule has 1 N–H and O–H groups in total. The lowest BCUT2D eigenvalue weighted by Crippen LogP contribution is -2.42. The number of hydrogen-bond donors (Lipinski definition) is 1. The summed E-state index contributed by atoms with van der Waals surface area (Å²) in [4.78, 5) is 12.0. The van der Waals surface area contributed by atoms with Crippen LogP contribution in [0.2, 0.25) is 0 Å². The Balaban J connectivity index is 1.50. The molecule has 2 aromatic rings. The highest BCUT2D eigenvalue weighted by molar-refractivity contribution is 5.84. The van der Waals surface area contributed by atoms with Gasteiger partial charge < -0.3 is 13.9 Å². The van der Waals surface area contributed by atoms with Crippen molar-refractivity contribution >= 4 is 18.2 Å². The van der Waals surface area contributed by atoms with Crippen LogP contribution in [0.25, 0.3) is 6.08 Å². The van der Waals surface area contributed by atoms with Crippen LogP contribution >= 0.6 is 0 Å². The van der Waals surface area contributed by atoms with Crippen molar-refractivity contribution in [2.45, 2.75) is 13.0 Å². The average Bonchev–Trinajstić information content (AvgIpc) is 2.99. The Hall–Kier alpha value is -3.02. The quantitative estimate of drug-likeness (QED) is 0.695. The Bertz CT molecular complexity index is 749. The summed E-state index contributed by atoms with van der Waals surface area (Å²) in [6.45, 7) is 2.02. The topological polar surface area (TPSA) is 73.1 Å². The lowest BCUT2D eigenvalue weighted by molar-refractivity contribution is -0.130. The van der Waals surface area contributed by atoms with E-state index in [1.54, 1.807) is 24.3 Å². The third-order valence-electron chi connectivity index (χ3n) is 3.16. The molecule has 1 unspecified atom stereocenters. The molecule has 1 aromatic carbocycles. The highest BCUT2D eigenvalue weighted by atomic mass is 16.6. The van der Waals surface area contributed by atoms with E-state index in [2.05, 4.69) is 10.5 Å². The first kappa shape index (κ1) is 14.9.